The van der Waals surface area contributed by atoms with E-state index in [0.29, 0.717) is 10.7 Å². The standard InChI is InChI=1S/C15H7BrF4N2O/c16-10-3-8(4-11(17)5-10)14(23)12(6-21)13-2-1-9(7-22-13)15(18,19)20/h1-5,7,12H. The Balaban J connectivity index is 2.36. The summed E-state index contributed by atoms with van der Waals surface area (Å²) in [4.78, 5) is 15.8. The summed E-state index contributed by atoms with van der Waals surface area (Å²) < 4.78 is 51.1. The highest BCUT2D eigenvalue weighted by Gasteiger charge is 2.31. The molecular weight excluding hydrogens is 380 g/mol. The van der Waals surface area contributed by atoms with Gasteiger partial charge < -0.3 is 0 Å². The third-order valence-electron chi connectivity index (χ3n) is 2.95. The Labute approximate surface area is 136 Å². The molecule has 1 atom stereocenters. The van der Waals surface area contributed by atoms with Crippen LogP contribution in [0, 0.1) is 17.1 Å². The van der Waals surface area contributed by atoms with E-state index in [-0.39, 0.29) is 11.3 Å². The predicted molar refractivity (Wildman–Crippen MR) is 76.0 cm³/mol. The number of aromatic nitrogens is 1. The molecule has 1 unspecified atom stereocenters. The highest BCUT2D eigenvalue weighted by Crippen LogP contribution is 2.29. The van der Waals surface area contributed by atoms with Crippen molar-refractivity contribution in [3.05, 3.63) is 63.6 Å². The Morgan fingerprint density at radius 1 is 1.26 bits per heavy atom. The third-order valence-corrected chi connectivity index (χ3v) is 3.41. The highest BCUT2D eigenvalue weighted by atomic mass is 79.9. The second-order valence-electron chi connectivity index (χ2n) is 4.55. The molecule has 2 rings (SSSR count). The van der Waals surface area contributed by atoms with Gasteiger partial charge in [0, 0.05) is 16.2 Å². The number of halogens is 5. The van der Waals surface area contributed by atoms with Crippen LogP contribution in [-0.2, 0) is 6.18 Å². The van der Waals surface area contributed by atoms with E-state index < -0.39 is 29.3 Å². The zero-order valence-corrected chi connectivity index (χ0v) is 12.8. The maximum absolute atomic E-state index is 13.3. The third kappa shape index (κ3) is 3.93. The van der Waals surface area contributed by atoms with E-state index in [4.69, 9.17) is 5.26 Å². The molecule has 0 aliphatic heterocycles. The lowest BCUT2D eigenvalue weighted by molar-refractivity contribution is -0.137. The molecule has 0 N–H and O–H groups in total. The molecule has 0 aliphatic rings. The van der Waals surface area contributed by atoms with Crippen molar-refractivity contribution in [3.8, 4) is 6.07 Å². The highest BCUT2D eigenvalue weighted by molar-refractivity contribution is 9.10. The van der Waals surface area contributed by atoms with Crippen LogP contribution >= 0.6 is 15.9 Å². The van der Waals surface area contributed by atoms with Gasteiger partial charge in [0.05, 0.1) is 17.3 Å². The van der Waals surface area contributed by atoms with Crippen LogP contribution < -0.4 is 0 Å². The van der Waals surface area contributed by atoms with Crippen molar-refractivity contribution in [3.63, 3.8) is 0 Å². The SMILES string of the molecule is N#CC(C(=O)c1cc(F)cc(Br)c1)c1ccc(C(F)(F)F)cn1. The summed E-state index contributed by atoms with van der Waals surface area (Å²) in [5.74, 6) is -2.86. The number of pyridine rings is 1. The quantitative estimate of drug-likeness (QED) is 0.576. The molecule has 0 amide bonds. The summed E-state index contributed by atoms with van der Waals surface area (Å²) >= 11 is 3.02. The molecule has 2 aromatic rings. The minimum absolute atomic E-state index is 0.0786. The summed E-state index contributed by atoms with van der Waals surface area (Å²) in [6, 6.07) is 6.78. The van der Waals surface area contributed by atoms with Crippen LogP contribution in [0.3, 0.4) is 0 Å². The van der Waals surface area contributed by atoms with Crippen LogP contribution in [0.1, 0.15) is 27.5 Å². The number of nitrogens with zero attached hydrogens (tertiary/aromatic N) is 2. The van der Waals surface area contributed by atoms with Crippen LogP contribution in [0.5, 0.6) is 0 Å². The molecular formula is C15H7BrF4N2O. The number of nitriles is 1. The van der Waals surface area contributed by atoms with Crippen molar-refractivity contribution in [2.24, 2.45) is 0 Å². The second-order valence-corrected chi connectivity index (χ2v) is 5.47. The molecule has 0 spiro atoms. The fourth-order valence-electron chi connectivity index (χ4n) is 1.87. The molecule has 118 valence electrons. The average Bonchev–Trinajstić information content (AvgIpc) is 2.46. The first-order chi connectivity index (χ1) is 10.7. The second kappa shape index (κ2) is 6.46. The summed E-state index contributed by atoms with van der Waals surface area (Å²) in [7, 11) is 0. The Bertz CT molecular complexity index is 761. The first kappa shape index (κ1) is 17.1. The van der Waals surface area contributed by atoms with Crippen LogP contribution in [-0.4, -0.2) is 10.8 Å². The maximum atomic E-state index is 13.3. The lowest BCUT2D eigenvalue weighted by Crippen LogP contribution is -2.14. The molecule has 1 aromatic heterocycles. The normalized spacial score (nSPS) is 12.5. The Morgan fingerprint density at radius 3 is 2.43 bits per heavy atom. The van der Waals surface area contributed by atoms with Crippen molar-refractivity contribution in [1.29, 1.82) is 5.26 Å². The van der Waals surface area contributed by atoms with Gasteiger partial charge >= 0.3 is 6.18 Å². The molecule has 0 saturated carbocycles. The molecule has 0 radical (unpaired) electrons. The molecule has 0 saturated heterocycles. The first-order valence-corrected chi connectivity index (χ1v) is 6.94. The van der Waals surface area contributed by atoms with Crippen LogP contribution in [0.2, 0.25) is 0 Å². The Kier molecular flexibility index (Phi) is 4.80. The van der Waals surface area contributed by atoms with Crippen LogP contribution in [0.4, 0.5) is 17.6 Å². The van der Waals surface area contributed by atoms with E-state index >= 15 is 0 Å². The number of carbonyl (C=O) groups is 1. The Hall–Kier alpha value is -2.27. The van der Waals surface area contributed by atoms with Crippen molar-refractivity contribution in [2.45, 2.75) is 12.1 Å². The van der Waals surface area contributed by atoms with Gasteiger partial charge in [-0.15, -0.1) is 0 Å². The van der Waals surface area contributed by atoms with Gasteiger partial charge in [-0.1, -0.05) is 15.9 Å². The minimum Gasteiger partial charge on any atom is -0.292 e. The van der Waals surface area contributed by atoms with E-state index in [1.54, 1.807) is 6.07 Å². The van der Waals surface area contributed by atoms with Gasteiger partial charge in [-0.2, -0.15) is 18.4 Å². The van der Waals surface area contributed by atoms with Gasteiger partial charge in [0.2, 0.25) is 0 Å². The lowest BCUT2D eigenvalue weighted by atomic mass is 9.95. The van der Waals surface area contributed by atoms with E-state index in [1.165, 1.54) is 6.07 Å². The van der Waals surface area contributed by atoms with Gasteiger partial charge in [0.15, 0.2) is 11.7 Å². The van der Waals surface area contributed by atoms with Gasteiger partial charge in [-0.25, -0.2) is 4.39 Å². The van der Waals surface area contributed by atoms with Gasteiger partial charge in [0.1, 0.15) is 5.82 Å². The van der Waals surface area contributed by atoms with Crippen LogP contribution in [0.25, 0.3) is 0 Å². The van der Waals surface area contributed by atoms with Crippen molar-refractivity contribution in [1.82, 2.24) is 4.98 Å². The number of hydrogen-bond acceptors (Lipinski definition) is 3. The number of alkyl halides is 3. The van der Waals surface area contributed by atoms with Gasteiger partial charge in [-0.05, 0) is 30.3 Å². The molecule has 1 heterocycles. The van der Waals surface area contributed by atoms with Crippen LogP contribution in [0.15, 0.2) is 41.0 Å². The number of rotatable bonds is 3. The Morgan fingerprint density at radius 2 is 1.96 bits per heavy atom. The number of hydrogen-bond donors (Lipinski definition) is 0. The first-order valence-electron chi connectivity index (χ1n) is 6.15. The molecule has 8 heteroatoms. The monoisotopic (exact) mass is 386 g/mol. The topological polar surface area (TPSA) is 53.8 Å². The molecule has 1 aromatic carbocycles. The number of Topliss-reactive ketones (excluding diaryl/α,β-unsaturated/α-hetero) is 1. The largest absolute Gasteiger partial charge is 0.417 e. The fourth-order valence-corrected chi connectivity index (χ4v) is 2.33. The minimum atomic E-state index is -4.56. The number of ketones is 1. The molecule has 23 heavy (non-hydrogen) atoms. The van der Waals surface area contributed by atoms with E-state index in [0.717, 1.165) is 24.3 Å². The van der Waals surface area contributed by atoms with Crippen molar-refractivity contribution >= 4 is 21.7 Å². The number of carbonyl (C=O) groups excluding carboxylic acids is 1. The summed E-state index contributed by atoms with van der Waals surface area (Å²) in [5.41, 5.74) is -1.20. The molecule has 0 fully saturated rings. The average molecular weight is 387 g/mol. The van der Waals surface area contributed by atoms with Gasteiger partial charge in [0.25, 0.3) is 0 Å². The maximum Gasteiger partial charge on any atom is 0.417 e. The van der Waals surface area contributed by atoms with E-state index in [1.807, 2.05) is 0 Å². The fraction of sp³-hybridized carbons (Fsp3) is 0.133. The predicted octanol–water partition coefficient (Wildman–Crippen LogP) is 4.49. The molecule has 3 nitrogen and oxygen atoms in total. The van der Waals surface area contributed by atoms with Crippen molar-refractivity contribution < 1.29 is 22.4 Å². The van der Waals surface area contributed by atoms with Gasteiger partial charge in [-0.3, -0.25) is 9.78 Å². The summed E-state index contributed by atoms with van der Waals surface area (Å²) in [6.45, 7) is 0. The van der Waals surface area contributed by atoms with E-state index in [9.17, 15) is 22.4 Å². The molecule has 0 aliphatic carbocycles. The van der Waals surface area contributed by atoms with E-state index in [2.05, 4.69) is 20.9 Å². The summed E-state index contributed by atoms with van der Waals surface area (Å²) in [6.07, 6.45) is -4.01. The lowest BCUT2D eigenvalue weighted by Gasteiger charge is -2.10. The number of benzene rings is 1. The molecule has 0 bridgehead atoms. The van der Waals surface area contributed by atoms with Crippen molar-refractivity contribution in [2.75, 3.05) is 0 Å². The smallest absolute Gasteiger partial charge is 0.292 e. The zero-order chi connectivity index (χ0) is 17.2. The summed E-state index contributed by atoms with van der Waals surface area (Å²) in [5, 5.41) is 9.14. The zero-order valence-electron chi connectivity index (χ0n) is 11.2.